The third kappa shape index (κ3) is 5.39. The summed E-state index contributed by atoms with van der Waals surface area (Å²) in [5, 5.41) is 21.1. The second-order valence-corrected chi connectivity index (χ2v) is 8.18. The van der Waals surface area contributed by atoms with E-state index in [-0.39, 0.29) is 5.92 Å². The first-order chi connectivity index (χ1) is 15.3. The molecule has 2 aromatic carbocycles. The molecule has 8 heteroatoms. The zero-order valence-corrected chi connectivity index (χ0v) is 18.4. The lowest BCUT2D eigenvalue weighted by molar-refractivity contribution is -0.138. The van der Waals surface area contributed by atoms with Gasteiger partial charge in [-0.25, -0.2) is 5.01 Å². The van der Waals surface area contributed by atoms with Gasteiger partial charge >= 0.3 is 0 Å². The van der Waals surface area contributed by atoms with Gasteiger partial charge in [0.2, 0.25) is 5.91 Å². The van der Waals surface area contributed by atoms with E-state index in [1.165, 1.54) is 12.1 Å². The van der Waals surface area contributed by atoms with Gasteiger partial charge < -0.3 is 15.7 Å². The Morgan fingerprint density at radius 2 is 1.72 bits per heavy atom. The fourth-order valence-electron chi connectivity index (χ4n) is 3.54. The Balaban J connectivity index is 1.80. The van der Waals surface area contributed by atoms with E-state index in [1.807, 2.05) is 26.0 Å². The molecule has 0 bridgehead atoms. The molecule has 8 nitrogen and oxygen atoms in total. The Kier molecular flexibility index (Phi) is 7.37. The predicted molar refractivity (Wildman–Crippen MR) is 120 cm³/mol. The highest BCUT2D eigenvalue weighted by atomic mass is 16.3. The van der Waals surface area contributed by atoms with Crippen LogP contribution in [0.3, 0.4) is 0 Å². The maximum Gasteiger partial charge on any atom is 0.269 e. The number of likely N-dealkylation sites (N-methyl/N-ethyl adjacent to an activating group) is 1. The fourth-order valence-corrected chi connectivity index (χ4v) is 3.54. The molecule has 0 fully saturated rings. The topological polar surface area (TPSA) is 111 Å². The van der Waals surface area contributed by atoms with Crippen LogP contribution >= 0.6 is 0 Å². The number of rotatable bonds is 7. The third-order valence-corrected chi connectivity index (χ3v) is 5.23. The standard InChI is InChI=1S/C24H28N4O4/c1-15(2)13-19(26-23(31)21(29)16-9-5-4-6-10-16)22(30)27-20-18-12-8-7-11-17(18)14-25-28(3)24(20)32/h4-12,14-15,19-21,29H,13H2,1-3H3,(H,26,31)(H,27,30)/t19-,20?,21+/m0/s1. The van der Waals surface area contributed by atoms with E-state index in [2.05, 4.69) is 15.7 Å². The first-order valence-corrected chi connectivity index (χ1v) is 10.5. The molecule has 168 valence electrons. The molecular formula is C24H28N4O4. The summed E-state index contributed by atoms with van der Waals surface area (Å²) in [5.74, 6) is -1.48. The quantitative estimate of drug-likeness (QED) is 0.616. The van der Waals surface area contributed by atoms with Crippen molar-refractivity contribution in [3.05, 3.63) is 71.3 Å². The van der Waals surface area contributed by atoms with Crippen LogP contribution < -0.4 is 10.6 Å². The number of aliphatic hydroxyl groups excluding tert-OH is 1. The van der Waals surface area contributed by atoms with E-state index < -0.39 is 35.9 Å². The Morgan fingerprint density at radius 1 is 1.06 bits per heavy atom. The largest absolute Gasteiger partial charge is 0.378 e. The normalized spacial score (nSPS) is 17.3. The SMILES string of the molecule is CC(C)C[C@H](NC(=O)[C@H](O)c1ccccc1)C(=O)NC1C(=O)N(C)N=Cc2ccccc21. The van der Waals surface area contributed by atoms with Crippen LogP contribution in [0.4, 0.5) is 0 Å². The third-order valence-electron chi connectivity index (χ3n) is 5.23. The van der Waals surface area contributed by atoms with Gasteiger partial charge in [0, 0.05) is 12.6 Å². The van der Waals surface area contributed by atoms with Crippen LogP contribution in [0.15, 0.2) is 59.7 Å². The Hall–Kier alpha value is -3.52. The van der Waals surface area contributed by atoms with Gasteiger partial charge in [-0.15, -0.1) is 0 Å². The van der Waals surface area contributed by atoms with Crippen LogP contribution in [0.2, 0.25) is 0 Å². The van der Waals surface area contributed by atoms with E-state index in [9.17, 15) is 19.5 Å². The van der Waals surface area contributed by atoms with Crippen molar-refractivity contribution in [3.63, 3.8) is 0 Å². The number of amides is 3. The molecule has 0 saturated carbocycles. The molecule has 1 unspecified atom stereocenters. The summed E-state index contributed by atoms with van der Waals surface area (Å²) in [6, 6.07) is 13.8. The molecule has 1 heterocycles. The van der Waals surface area contributed by atoms with Gasteiger partial charge in [-0.05, 0) is 23.5 Å². The molecular weight excluding hydrogens is 408 g/mol. The van der Waals surface area contributed by atoms with Gasteiger partial charge in [-0.1, -0.05) is 68.4 Å². The summed E-state index contributed by atoms with van der Waals surface area (Å²) < 4.78 is 0. The highest BCUT2D eigenvalue weighted by Gasteiger charge is 2.33. The Labute approximate surface area is 187 Å². The van der Waals surface area contributed by atoms with Crippen LogP contribution in [0.5, 0.6) is 0 Å². The molecule has 0 saturated heterocycles. The molecule has 0 aromatic heterocycles. The zero-order valence-electron chi connectivity index (χ0n) is 18.4. The van der Waals surface area contributed by atoms with Gasteiger partial charge in [0.1, 0.15) is 12.1 Å². The van der Waals surface area contributed by atoms with E-state index in [1.54, 1.807) is 48.7 Å². The molecule has 0 spiro atoms. The van der Waals surface area contributed by atoms with Gasteiger partial charge in [-0.2, -0.15) is 5.10 Å². The van der Waals surface area contributed by atoms with Crippen LogP contribution in [0, 0.1) is 5.92 Å². The first-order valence-electron chi connectivity index (χ1n) is 10.5. The lowest BCUT2D eigenvalue weighted by Gasteiger charge is -2.26. The zero-order chi connectivity index (χ0) is 23.3. The average molecular weight is 437 g/mol. The van der Waals surface area contributed by atoms with E-state index in [0.717, 1.165) is 5.56 Å². The number of fused-ring (bicyclic) bond motifs is 1. The molecule has 1 aliphatic rings. The van der Waals surface area contributed by atoms with Crippen molar-refractivity contribution in [2.45, 2.75) is 38.5 Å². The second kappa shape index (κ2) is 10.2. The van der Waals surface area contributed by atoms with Gasteiger partial charge in [-0.3, -0.25) is 14.4 Å². The maximum absolute atomic E-state index is 13.2. The van der Waals surface area contributed by atoms with Crippen LogP contribution in [-0.2, 0) is 14.4 Å². The number of hydrogen-bond donors (Lipinski definition) is 3. The first kappa shape index (κ1) is 23.1. The highest BCUT2D eigenvalue weighted by Crippen LogP contribution is 2.23. The molecule has 3 rings (SSSR count). The smallest absolute Gasteiger partial charge is 0.269 e. The minimum atomic E-state index is -1.40. The lowest BCUT2D eigenvalue weighted by Crippen LogP contribution is -2.51. The highest BCUT2D eigenvalue weighted by molar-refractivity contribution is 5.96. The average Bonchev–Trinajstić information content (AvgIpc) is 2.90. The molecule has 3 N–H and O–H groups in total. The number of hydrogen-bond acceptors (Lipinski definition) is 5. The van der Waals surface area contributed by atoms with Crippen molar-refractivity contribution in [2.24, 2.45) is 11.0 Å². The van der Waals surface area contributed by atoms with Gasteiger partial charge in [0.05, 0.1) is 6.21 Å². The minimum Gasteiger partial charge on any atom is -0.378 e. The molecule has 1 aliphatic heterocycles. The molecule has 0 radical (unpaired) electrons. The molecule has 3 atom stereocenters. The lowest BCUT2D eigenvalue weighted by atomic mass is 9.98. The van der Waals surface area contributed by atoms with Gasteiger partial charge in [0.25, 0.3) is 11.8 Å². The van der Waals surface area contributed by atoms with Crippen molar-refractivity contribution in [1.82, 2.24) is 15.6 Å². The number of hydrazone groups is 1. The number of nitrogens with one attached hydrogen (secondary N) is 2. The Morgan fingerprint density at radius 3 is 2.41 bits per heavy atom. The van der Waals surface area contributed by atoms with Crippen LogP contribution in [0.25, 0.3) is 0 Å². The van der Waals surface area contributed by atoms with Crippen molar-refractivity contribution in [1.29, 1.82) is 0 Å². The monoisotopic (exact) mass is 436 g/mol. The number of carbonyl (C=O) groups excluding carboxylic acids is 3. The van der Waals surface area contributed by atoms with Crippen LogP contribution in [0.1, 0.15) is 49.1 Å². The molecule has 32 heavy (non-hydrogen) atoms. The molecule has 2 aromatic rings. The maximum atomic E-state index is 13.2. The second-order valence-electron chi connectivity index (χ2n) is 8.18. The minimum absolute atomic E-state index is 0.0862. The van der Waals surface area contributed by atoms with E-state index >= 15 is 0 Å². The molecule has 3 amide bonds. The van der Waals surface area contributed by atoms with Crippen molar-refractivity contribution >= 4 is 23.9 Å². The number of aliphatic hydroxyl groups is 1. The summed E-state index contributed by atoms with van der Waals surface area (Å²) in [6.07, 6.45) is 0.509. The van der Waals surface area contributed by atoms with Crippen molar-refractivity contribution < 1.29 is 19.5 Å². The van der Waals surface area contributed by atoms with E-state index in [0.29, 0.717) is 17.5 Å². The summed E-state index contributed by atoms with van der Waals surface area (Å²) in [7, 11) is 1.52. The van der Waals surface area contributed by atoms with Gasteiger partial charge in [0.15, 0.2) is 6.10 Å². The van der Waals surface area contributed by atoms with E-state index in [4.69, 9.17) is 0 Å². The van der Waals surface area contributed by atoms with Crippen molar-refractivity contribution in [3.8, 4) is 0 Å². The summed E-state index contributed by atoms with van der Waals surface area (Å²) in [5.41, 5.74) is 1.78. The Bertz CT molecular complexity index is 1010. The number of carbonyl (C=O) groups is 3. The summed E-state index contributed by atoms with van der Waals surface area (Å²) in [4.78, 5) is 38.7. The number of nitrogens with zero attached hydrogens (tertiary/aromatic N) is 2. The fraction of sp³-hybridized carbons (Fsp3) is 0.333. The van der Waals surface area contributed by atoms with Crippen LogP contribution in [-0.4, -0.2) is 47.1 Å². The van der Waals surface area contributed by atoms with Crippen molar-refractivity contribution in [2.75, 3.05) is 7.05 Å². The molecule has 0 aliphatic carbocycles. The number of benzene rings is 2. The summed E-state index contributed by atoms with van der Waals surface area (Å²) >= 11 is 0. The predicted octanol–water partition coefficient (Wildman–Crippen LogP) is 1.91. The summed E-state index contributed by atoms with van der Waals surface area (Å²) in [6.45, 7) is 3.85.